The molecule has 5 heteroatoms. The van der Waals surface area contributed by atoms with E-state index in [1.165, 1.54) is 0 Å². The molecule has 2 saturated heterocycles. The highest BCUT2D eigenvalue weighted by atomic mass is 16.8. The zero-order valence-electron chi connectivity index (χ0n) is 20.3. The van der Waals surface area contributed by atoms with Gasteiger partial charge in [-0.1, -0.05) is 27.7 Å². The lowest BCUT2D eigenvalue weighted by molar-refractivity contribution is -0.331. The number of carbonyl (C=O) groups excluding carboxylic acids is 1. The zero-order chi connectivity index (χ0) is 22.7. The molecule has 1 spiro atoms. The van der Waals surface area contributed by atoms with Crippen molar-refractivity contribution >= 4 is 5.78 Å². The summed E-state index contributed by atoms with van der Waals surface area (Å²) in [7, 11) is 0. The van der Waals surface area contributed by atoms with E-state index >= 15 is 0 Å². The molecule has 2 heterocycles. The predicted octanol–water partition coefficient (Wildman–Crippen LogP) is 4.29. The van der Waals surface area contributed by atoms with Crippen molar-refractivity contribution in [2.75, 3.05) is 6.61 Å². The molecule has 0 aromatic rings. The number of Topliss-reactive ketones (excluding diaryl/α,β-unsaturated/α-hetero) is 1. The average molecular weight is 447 g/mol. The van der Waals surface area contributed by atoms with Crippen LogP contribution in [0.15, 0.2) is 0 Å². The third kappa shape index (κ3) is 2.63. The highest BCUT2D eigenvalue weighted by Gasteiger charge is 2.76. The van der Waals surface area contributed by atoms with Gasteiger partial charge in [0.2, 0.25) is 0 Å². The minimum atomic E-state index is -1.26. The maximum Gasteiger partial charge on any atom is 0.174 e. The summed E-state index contributed by atoms with van der Waals surface area (Å²) in [5.74, 6) is 0.199. The number of rotatable bonds is 0. The molecule has 0 radical (unpaired) electrons. The first kappa shape index (κ1) is 22.0. The Hall–Kier alpha value is -0.490. The fourth-order valence-electron chi connectivity index (χ4n) is 10.0. The van der Waals surface area contributed by atoms with Crippen molar-refractivity contribution in [2.24, 2.45) is 52.3 Å². The Morgan fingerprint density at radius 2 is 1.81 bits per heavy atom. The summed E-state index contributed by atoms with van der Waals surface area (Å²) in [5.41, 5.74) is -0.404. The molecule has 5 nitrogen and oxygen atoms in total. The van der Waals surface area contributed by atoms with Crippen molar-refractivity contribution < 1.29 is 24.5 Å². The van der Waals surface area contributed by atoms with Crippen molar-refractivity contribution in [3.8, 4) is 0 Å². The molecule has 0 aromatic heterocycles. The van der Waals surface area contributed by atoms with Crippen LogP contribution in [0.3, 0.4) is 0 Å². The first-order chi connectivity index (χ1) is 15.0. The first-order valence-corrected chi connectivity index (χ1v) is 13.3. The molecule has 32 heavy (non-hydrogen) atoms. The summed E-state index contributed by atoms with van der Waals surface area (Å²) in [5, 5.41) is 22.2. The maximum absolute atomic E-state index is 14.0. The summed E-state index contributed by atoms with van der Waals surface area (Å²) in [6.45, 7) is 9.57. The molecule has 6 fully saturated rings. The van der Waals surface area contributed by atoms with Gasteiger partial charge in [-0.2, -0.15) is 0 Å². The Morgan fingerprint density at radius 3 is 2.53 bits per heavy atom. The molecule has 0 aromatic carbocycles. The minimum Gasteiger partial charge on any atom is -0.393 e. The van der Waals surface area contributed by atoms with E-state index in [-0.39, 0.29) is 29.3 Å². The van der Waals surface area contributed by atoms with E-state index in [1.807, 2.05) is 0 Å². The first-order valence-electron chi connectivity index (χ1n) is 13.3. The monoisotopic (exact) mass is 446 g/mol. The van der Waals surface area contributed by atoms with Gasteiger partial charge in [-0.05, 0) is 73.5 Å². The molecule has 12 atom stereocenters. The van der Waals surface area contributed by atoms with Crippen LogP contribution in [0, 0.1) is 52.3 Å². The van der Waals surface area contributed by atoms with Gasteiger partial charge >= 0.3 is 0 Å². The molecular weight excluding hydrogens is 404 g/mol. The normalized spacial score (nSPS) is 61.8. The predicted molar refractivity (Wildman–Crippen MR) is 119 cm³/mol. The second-order valence-corrected chi connectivity index (χ2v) is 13.2. The number of aliphatic hydroxyl groups excluding tert-OH is 1. The molecule has 180 valence electrons. The van der Waals surface area contributed by atoms with Gasteiger partial charge in [0, 0.05) is 36.5 Å². The lowest BCUT2D eigenvalue weighted by atomic mass is 9.44. The summed E-state index contributed by atoms with van der Waals surface area (Å²) >= 11 is 0. The van der Waals surface area contributed by atoms with Gasteiger partial charge in [0.1, 0.15) is 5.78 Å². The summed E-state index contributed by atoms with van der Waals surface area (Å²) < 4.78 is 12.8. The average Bonchev–Trinajstić information content (AvgIpc) is 3.11. The molecule has 2 N–H and O–H groups in total. The zero-order valence-corrected chi connectivity index (χ0v) is 20.3. The molecule has 4 aliphatic carbocycles. The molecule has 6 aliphatic rings. The van der Waals surface area contributed by atoms with E-state index in [0.29, 0.717) is 48.9 Å². The molecule has 0 bridgehead atoms. The van der Waals surface area contributed by atoms with Crippen LogP contribution < -0.4 is 0 Å². The SMILES string of the molecule is CC1CCC2(OC1)O[C@@]1(O)CC3C4CC[C@H]5C[C@@H](O)CC[C@]5(C)C4CC(=O)[C@]3(C)C1[C@@H]2C. The number of aliphatic hydroxyl groups is 2. The van der Waals surface area contributed by atoms with Crippen molar-refractivity contribution in [1.82, 2.24) is 0 Å². The third-order valence-electron chi connectivity index (χ3n) is 11.8. The van der Waals surface area contributed by atoms with Crippen LogP contribution in [0.25, 0.3) is 0 Å². The smallest absolute Gasteiger partial charge is 0.174 e. The number of hydrogen-bond donors (Lipinski definition) is 2. The van der Waals surface area contributed by atoms with Crippen LogP contribution in [0.5, 0.6) is 0 Å². The maximum atomic E-state index is 14.0. The minimum absolute atomic E-state index is 0.00672. The quantitative estimate of drug-likeness (QED) is 0.580. The standard InChI is InChI=1S/C27H42O5/c1-15-7-10-27(31-14-15)16(2)23-25(4)21(13-26(23,30)32-27)19-6-5-17-11-18(28)8-9-24(17,3)20(19)12-22(25)29/h15-21,23,28,30H,5-14H2,1-4H3/t15?,16-,17-,18-,19?,20?,21?,23?,24-,25+,26-,27?/m0/s1. The van der Waals surface area contributed by atoms with E-state index in [1.54, 1.807) is 0 Å². The number of carbonyl (C=O) groups is 1. The Morgan fingerprint density at radius 1 is 1.03 bits per heavy atom. The van der Waals surface area contributed by atoms with Gasteiger partial charge in [-0.15, -0.1) is 0 Å². The van der Waals surface area contributed by atoms with Crippen LogP contribution in [0.4, 0.5) is 0 Å². The van der Waals surface area contributed by atoms with Gasteiger partial charge in [-0.25, -0.2) is 0 Å². The summed E-state index contributed by atoms with van der Waals surface area (Å²) in [6.07, 6.45) is 7.88. The largest absolute Gasteiger partial charge is 0.393 e. The van der Waals surface area contributed by atoms with Gasteiger partial charge < -0.3 is 19.7 Å². The van der Waals surface area contributed by atoms with Gasteiger partial charge in [0.25, 0.3) is 0 Å². The van der Waals surface area contributed by atoms with Crippen LogP contribution in [0.2, 0.25) is 0 Å². The number of ether oxygens (including phenoxy) is 2. The van der Waals surface area contributed by atoms with Gasteiger partial charge in [0.05, 0.1) is 12.7 Å². The Balaban J connectivity index is 1.34. The molecule has 2 aliphatic heterocycles. The molecule has 0 amide bonds. The van der Waals surface area contributed by atoms with Crippen LogP contribution >= 0.6 is 0 Å². The third-order valence-corrected chi connectivity index (χ3v) is 11.8. The molecule has 6 unspecified atom stereocenters. The number of hydrogen-bond acceptors (Lipinski definition) is 5. The van der Waals surface area contributed by atoms with Crippen LogP contribution in [0.1, 0.15) is 85.5 Å². The van der Waals surface area contributed by atoms with E-state index < -0.39 is 17.0 Å². The van der Waals surface area contributed by atoms with E-state index in [2.05, 4.69) is 27.7 Å². The molecule has 4 saturated carbocycles. The number of ketones is 1. The molecular formula is C27H42O5. The van der Waals surface area contributed by atoms with Crippen molar-refractivity contribution in [2.45, 2.75) is 103 Å². The van der Waals surface area contributed by atoms with Crippen LogP contribution in [-0.2, 0) is 14.3 Å². The van der Waals surface area contributed by atoms with Crippen LogP contribution in [-0.4, -0.2) is 40.3 Å². The number of fused-ring (bicyclic) bond motifs is 7. The topological polar surface area (TPSA) is 76.0 Å². The summed E-state index contributed by atoms with van der Waals surface area (Å²) in [6, 6.07) is 0. The van der Waals surface area contributed by atoms with Crippen molar-refractivity contribution in [3.63, 3.8) is 0 Å². The Kier molecular flexibility index (Phi) is 4.68. The van der Waals surface area contributed by atoms with Gasteiger partial charge in [-0.3, -0.25) is 4.79 Å². The second kappa shape index (κ2) is 6.80. The van der Waals surface area contributed by atoms with E-state index in [0.717, 1.165) is 44.9 Å². The van der Waals surface area contributed by atoms with Gasteiger partial charge in [0.15, 0.2) is 11.6 Å². The fourth-order valence-corrected chi connectivity index (χ4v) is 10.0. The van der Waals surface area contributed by atoms with E-state index in [4.69, 9.17) is 9.47 Å². The second-order valence-electron chi connectivity index (χ2n) is 13.2. The highest BCUT2D eigenvalue weighted by Crippen LogP contribution is 2.72. The Bertz CT molecular complexity index is 804. The lowest BCUT2D eigenvalue weighted by Gasteiger charge is -2.60. The van der Waals surface area contributed by atoms with Crippen molar-refractivity contribution in [3.05, 3.63) is 0 Å². The highest BCUT2D eigenvalue weighted by molar-refractivity contribution is 5.87. The van der Waals surface area contributed by atoms with E-state index in [9.17, 15) is 15.0 Å². The lowest BCUT2D eigenvalue weighted by Crippen LogP contribution is -2.58. The Labute approximate surface area is 192 Å². The summed E-state index contributed by atoms with van der Waals surface area (Å²) in [4.78, 5) is 14.0. The fraction of sp³-hybridized carbons (Fsp3) is 0.963. The van der Waals surface area contributed by atoms with Crippen molar-refractivity contribution in [1.29, 1.82) is 0 Å². The molecule has 6 rings (SSSR count).